The van der Waals surface area contributed by atoms with Gasteiger partial charge in [0.15, 0.2) is 0 Å². The van der Waals surface area contributed by atoms with E-state index in [1.54, 1.807) is 48.5 Å². The van der Waals surface area contributed by atoms with Crippen LogP contribution in [0.15, 0.2) is 127 Å². The Kier molecular flexibility index (Phi) is 31.7. The summed E-state index contributed by atoms with van der Waals surface area (Å²) in [5, 5.41) is 83.9. The smallest absolute Gasteiger partial charge is 0.366 e. The van der Waals surface area contributed by atoms with Gasteiger partial charge < -0.3 is 101 Å². The van der Waals surface area contributed by atoms with E-state index in [1.807, 2.05) is 60.7 Å². The van der Waals surface area contributed by atoms with Gasteiger partial charge >= 0.3 is 11.9 Å². The van der Waals surface area contributed by atoms with Crippen LogP contribution in [0.5, 0.6) is 5.75 Å². The summed E-state index contributed by atoms with van der Waals surface area (Å²) in [6.07, 6.45) is -13.5. The van der Waals surface area contributed by atoms with Crippen molar-refractivity contribution in [2.24, 2.45) is 5.73 Å². The van der Waals surface area contributed by atoms with Crippen molar-refractivity contribution in [3.8, 4) is 28.0 Å². The van der Waals surface area contributed by atoms with Gasteiger partial charge in [-0.2, -0.15) is 23.5 Å². The van der Waals surface area contributed by atoms with Crippen LogP contribution < -0.4 is 42.4 Å². The first-order chi connectivity index (χ1) is 48.5. The fourth-order valence-corrected chi connectivity index (χ4v) is 12.8. The molecule has 2 fully saturated rings. The maximum absolute atomic E-state index is 13.5. The minimum Gasteiger partial charge on any atom is -0.493 e. The number of aliphatic hydroxyl groups is 6. The normalized spacial score (nSPS) is 21.5. The molecule has 2 saturated heterocycles. The van der Waals surface area contributed by atoms with E-state index in [9.17, 15) is 69.0 Å². The number of benzene rings is 5. The molecule has 2 aliphatic heterocycles. The Morgan fingerprint density at radius 2 is 0.911 bits per heavy atom. The topological polar surface area (TPSA) is 421 Å². The van der Waals surface area contributed by atoms with Gasteiger partial charge in [-0.1, -0.05) is 84.9 Å². The van der Waals surface area contributed by atoms with Crippen molar-refractivity contribution in [2.45, 2.75) is 118 Å². The number of hydrogen-bond acceptors (Lipinski definition) is 24. The monoisotopic (exact) mass is 1440 g/mol. The van der Waals surface area contributed by atoms with Gasteiger partial charge in [0.1, 0.15) is 30.2 Å². The van der Waals surface area contributed by atoms with Crippen LogP contribution >= 0.6 is 23.5 Å². The molecule has 0 saturated carbocycles. The van der Waals surface area contributed by atoms with Crippen molar-refractivity contribution < 1.29 is 102 Å². The van der Waals surface area contributed by atoms with Crippen LogP contribution in [0.1, 0.15) is 87.4 Å². The molecule has 5 aromatic carbocycles. The Morgan fingerprint density at radius 1 is 0.515 bits per heavy atom. The van der Waals surface area contributed by atoms with Gasteiger partial charge in [0.2, 0.25) is 11.8 Å². The average Bonchev–Trinajstić information content (AvgIpc) is 0.771. The molecule has 28 nitrogen and oxygen atoms in total. The Bertz CT molecular complexity index is 3520. The molecule has 0 spiro atoms. The molecule has 5 aromatic rings. The summed E-state index contributed by atoms with van der Waals surface area (Å²) < 4.78 is 40.1. The lowest BCUT2D eigenvalue weighted by molar-refractivity contribution is -0.311. The number of rotatable bonds is 38. The van der Waals surface area contributed by atoms with Gasteiger partial charge in [-0.05, 0) is 102 Å². The zero-order valence-corrected chi connectivity index (χ0v) is 58.3. The summed E-state index contributed by atoms with van der Waals surface area (Å²) in [4.78, 5) is 104. The van der Waals surface area contributed by atoms with Gasteiger partial charge in [-0.3, -0.25) is 28.8 Å². The summed E-state index contributed by atoms with van der Waals surface area (Å²) in [5.74, 6) is -7.93. The number of nitrogens with one attached hydrogen (secondary N) is 6. The number of carbonyl (C=O) groups excluding carboxylic acids is 8. The molecule has 2 heterocycles. The lowest BCUT2D eigenvalue weighted by atomic mass is 9.88. The fraction of sp³-hybridized carbons (Fsp3) is 0.465. The van der Waals surface area contributed by atoms with Crippen LogP contribution in [-0.2, 0) is 47.6 Å². The number of aliphatic hydroxyl groups excluding tert-OH is 6. The van der Waals surface area contributed by atoms with Crippen molar-refractivity contribution in [2.75, 3.05) is 89.8 Å². The van der Waals surface area contributed by atoms with E-state index in [4.69, 9.17) is 38.9 Å². The van der Waals surface area contributed by atoms with Crippen LogP contribution in [0.4, 0.5) is 0 Å². The molecule has 6 amide bonds. The third kappa shape index (κ3) is 23.0. The molecule has 14 N–H and O–H groups in total. The first-order valence-electron chi connectivity index (χ1n) is 33.0. The van der Waals surface area contributed by atoms with Gasteiger partial charge in [0, 0.05) is 81.1 Å². The Labute approximate surface area is 593 Å². The number of thioether (sulfide) groups is 2. The molecule has 7 rings (SSSR count). The quantitative estimate of drug-likeness (QED) is 0.0198. The maximum atomic E-state index is 13.5. The van der Waals surface area contributed by atoms with Gasteiger partial charge in [-0.25, -0.2) is 9.59 Å². The molecular formula is C71H91N7O21S2. The van der Waals surface area contributed by atoms with E-state index in [1.165, 1.54) is 55.6 Å². The highest BCUT2D eigenvalue weighted by Gasteiger charge is 2.58. The number of esters is 2. The Balaban J connectivity index is 0.834. The van der Waals surface area contributed by atoms with Gasteiger partial charge in [0.25, 0.3) is 35.2 Å². The molecule has 12 atom stereocenters. The lowest BCUT2D eigenvalue weighted by Crippen LogP contribution is -2.68. The highest BCUT2D eigenvalue weighted by molar-refractivity contribution is 7.99. The largest absolute Gasteiger partial charge is 0.493 e. The zero-order chi connectivity index (χ0) is 73.1. The molecule has 548 valence electrons. The number of methoxy groups -OCH3 is 2. The number of ether oxygens (including phenoxy) is 7. The average molecular weight is 1440 g/mol. The number of carbonyl (C=O) groups is 8. The van der Waals surface area contributed by atoms with Crippen molar-refractivity contribution in [1.29, 1.82) is 0 Å². The molecule has 0 bridgehead atoms. The molecule has 2 aliphatic rings. The molecule has 0 aromatic heterocycles. The second-order valence-electron chi connectivity index (χ2n) is 23.9. The number of amides is 6. The minimum absolute atomic E-state index is 0.115. The number of nitrogens with two attached hydrogens (primary N) is 1. The Hall–Kier alpha value is -8.08. The fourth-order valence-electron chi connectivity index (χ4n) is 11.3. The van der Waals surface area contributed by atoms with Crippen molar-refractivity contribution in [3.05, 3.63) is 150 Å². The van der Waals surface area contributed by atoms with E-state index >= 15 is 0 Å². The third-order valence-corrected chi connectivity index (χ3v) is 18.6. The molecule has 101 heavy (non-hydrogen) atoms. The number of hydrogen-bond donors (Lipinski definition) is 13. The standard InChI is InChI=1S/C71H91N7O21S2/c1-43(79)77-58-53(81)39-70(68(91)93-3,98-62(58)60(85)55(83)41-75-64(87)49-22-18-47(19-23-49)45-14-7-5-8-15-45)96-32-12-34-100-36-29-73-66(89)51-26-27-52(57(38-51)95-31-11-28-72)67(90)74-30-37-101-35-13-33-97-71(69(92)94-4)40-54(82)59(78-44(2)80)63(99-71)61(86)56(84)42-76-65(88)50-24-20-48(21-25-50)46-16-9-6-10-17-46/h5-10,14-27,38,53-56,58-63,81-86H,11-13,28-37,39-42,72H2,1-4H3,(H,73,89)(H,74,90)(H,75,87)(H,76,88)(H,77,79)(H,78,80)/t53-,54-,55+,56+,58+,59+,60?,61?,62+,63+,70+,71+/m0/s1. The predicted octanol–water partition coefficient (Wildman–Crippen LogP) is 1.84. The van der Waals surface area contributed by atoms with Crippen molar-refractivity contribution >= 4 is 70.9 Å². The van der Waals surface area contributed by atoms with Crippen LogP contribution in [0.25, 0.3) is 22.3 Å². The van der Waals surface area contributed by atoms with E-state index in [2.05, 4.69) is 31.9 Å². The van der Waals surface area contributed by atoms with Crippen LogP contribution in [0.2, 0.25) is 0 Å². The van der Waals surface area contributed by atoms with E-state index in [0.29, 0.717) is 48.8 Å². The minimum atomic E-state index is -2.28. The summed E-state index contributed by atoms with van der Waals surface area (Å²) in [5.41, 5.74) is 10.3. The van der Waals surface area contributed by atoms with E-state index < -0.39 is 146 Å². The second kappa shape index (κ2) is 39.9. The van der Waals surface area contributed by atoms with E-state index in [-0.39, 0.29) is 60.9 Å². The first kappa shape index (κ1) is 80.2. The second-order valence-corrected chi connectivity index (χ2v) is 26.4. The molecule has 30 heteroatoms. The zero-order valence-electron chi connectivity index (χ0n) is 56.6. The highest BCUT2D eigenvalue weighted by Crippen LogP contribution is 2.37. The molecular weight excluding hydrogens is 1350 g/mol. The molecule has 2 unspecified atom stereocenters. The molecule has 0 radical (unpaired) electrons. The van der Waals surface area contributed by atoms with Crippen molar-refractivity contribution in [1.82, 2.24) is 31.9 Å². The van der Waals surface area contributed by atoms with Crippen LogP contribution in [0, 0.1) is 0 Å². The molecule has 0 aliphatic carbocycles. The van der Waals surface area contributed by atoms with Crippen LogP contribution in [0.3, 0.4) is 0 Å². The van der Waals surface area contributed by atoms with Gasteiger partial charge in [0.05, 0.1) is 76.1 Å². The van der Waals surface area contributed by atoms with Crippen LogP contribution in [-0.4, -0.2) is 240 Å². The first-order valence-corrected chi connectivity index (χ1v) is 35.3. The van der Waals surface area contributed by atoms with E-state index in [0.717, 1.165) is 36.5 Å². The third-order valence-electron chi connectivity index (χ3n) is 16.5. The van der Waals surface area contributed by atoms with Crippen molar-refractivity contribution in [3.63, 3.8) is 0 Å². The summed E-state index contributed by atoms with van der Waals surface area (Å²) in [7, 11) is 2.15. The summed E-state index contributed by atoms with van der Waals surface area (Å²) >= 11 is 2.88. The SMILES string of the molecule is COC(=O)[C@@]1(OCCCSCCNC(=O)c2ccc(C(=O)NCCSCCCO[C@]3(C(=O)OC)C[C@H](O)[C@@H](NC(C)=O)[C@H](C(O)[C@H](O)CNC(=O)c4ccc(-c5ccccc5)cc4)O3)c(OCCCN)c2)C[C@H](O)[C@@H](NC(C)=O)[C@H](C(O)[C@H](O)CNC(=O)c2ccc(-c3ccccc3)cc2)O1. The predicted molar refractivity (Wildman–Crippen MR) is 374 cm³/mol. The highest BCUT2D eigenvalue weighted by atomic mass is 32.2. The summed E-state index contributed by atoms with van der Waals surface area (Å²) in [6, 6.07) is 34.4. The Morgan fingerprint density at radius 3 is 1.32 bits per heavy atom. The lowest BCUT2D eigenvalue weighted by Gasteiger charge is -2.47. The van der Waals surface area contributed by atoms with Gasteiger partial charge in [-0.15, -0.1) is 0 Å². The maximum Gasteiger partial charge on any atom is 0.366 e. The summed E-state index contributed by atoms with van der Waals surface area (Å²) in [6.45, 7) is 2.07.